The van der Waals surface area contributed by atoms with Crippen LogP contribution in [0.4, 0.5) is 0 Å². The van der Waals surface area contributed by atoms with Crippen LogP contribution < -0.4 is 5.76 Å². The van der Waals surface area contributed by atoms with Crippen molar-refractivity contribution in [1.82, 2.24) is 4.57 Å². The molecule has 0 radical (unpaired) electrons. The van der Waals surface area contributed by atoms with Crippen molar-refractivity contribution in [2.45, 2.75) is 13.0 Å². The van der Waals surface area contributed by atoms with Crippen LogP contribution in [0.5, 0.6) is 0 Å². The number of hydrogen-bond donors (Lipinski definition) is 0. The monoisotopic (exact) mass is 377 g/mol. The lowest BCUT2D eigenvalue weighted by molar-refractivity contribution is 0.0972. The average molecular weight is 377 g/mol. The van der Waals surface area contributed by atoms with Crippen LogP contribution in [0.3, 0.4) is 0 Å². The molecule has 0 atom stereocenters. The molecule has 0 amide bonds. The SMILES string of the molecule is COCCCOCCn1c(=O)oc2ccc(I)cc21. The van der Waals surface area contributed by atoms with E-state index in [4.69, 9.17) is 13.9 Å². The molecule has 19 heavy (non-hydrogen) atoms. The van der Waals surface area contributed by atoms with Gasteiger partial charge in [-0.25, -0.2) is 4.79 Å². The number of benzene rings is 1. The molecule has 0 N–H and O–H groups in total. The summed E-state index contributed by atoms with van der Waals surface area (Å²) in [4.78, 5) is 11.7. The molecule has 0 fully saturated rings. The number of nitrogens with zero attached hydrogens (tertiary/aromatic N) is 1. The molecule has 0 spiro atoms. The van der Waals surface area contributed by atoms with E-state index in [9.17, 15) is 4.79 Å². The molecule has 0 aliphatic carbocycles. The lowest BCUT2D eigenvalue weighted by atomic mass is 10.3. The first-order chi connectivity index (χ1) is 9.22. The van der Waals surface area contributed by atoms with E-state index in [1.807, 2.05) is 18.2 Å². The normalized spacial score (nSPS) is 11.3. The Kier molecular flexibility index (Phi) is 5.41. The Hall–Kier alpha value is -0.860. The lowest BCUT2D eigenvalue weighted by Crippen LogP contribution is -2.17. The molecule has 2 rings (SSSR count). The van der Waals surface area contributed by atoms with Crippen LogP contribution in [0.25, 0.3) is 11.1 Å². The molecule has 1 heterocycles. The van der Waals surface area contributed by atoms with E-state index >= 15 is 0 Å². The Morgan fingerprint density at radius 1 is 1.32 bits per heavy atom. The Balaban J connectivity index is 1.98. The van der Waals surface area contributed by atoms with E-state index in [2.05, 4.69) is 22.6 Å². The molecule has 104 valence electrons. The maximum absolute atomic E-state index is 11.7. The highest BCUT2D eigenvalue weighted by Gasteiger charge is 2.08. The summed E-state index contributed by atoms with van der Waals surface area (Å²) in [5.74, 6) is -0.336. The number of aromatic nitrogens is 1. The zero-order valence-electron chi connectivity index (χ0n) is 10.7. The van der Waals surface area contributed by atoms with Crippen molar-refractivity contribution in [1.29, 1.82) is 0 Å². The molecule has 1 aromatic heterocycles. The van der Waals surface area contributed by atoms with Gasteiger partial charge in [0, 0.05) is 23.9 Å². The fourth-order valence-corrected chi connectivity index (χ4v) is 2.28. The van der Waals surface area contributed by atoms with Gasteiger partial charge < -0.3 is 13.9 Å². The van der Waals surface area contributed by atoms with E-state index in [1.165, 1.54) is 0 Å². The average Bonchev–Trinajstić information content (AvgIpc) is 2.69. The minimum absolute atomic E-state index is 0.336. The maximum Gasteiger partial charge on any atom is 0.420 e. The van der Waals surface area contributed by atoms with Crippen LogP contribution in [0.2, 0.25) is 0 Å². The topological polar surface area (TPSA) is 53.6 Å². The molecule has 0 saturated carbocycles. The molecule has 0 saturated heterocycles. The van der Waals surface area contributed by atoms with E-state index in [0.29, 0.717) is 31.9 Å². The van der Waals surface area contributed by atoms with Gasteiger partial charge in [0.2, 0.25) is 0 Å². The molecular weight excluding hydrogens is 361 g/mol. The van der Waals surface area contributed by atoms with Gasteiger partial charge in [-0.1, -0.05) is 0 Å². The van der Waals surface area contributed by atoms with Crippen LogP contribution in [0.15, 0.2) is 27.4 Å². The molecule has 6 heteroatoms. The summed E-state index contributed by atoms with van der Waals surface area (Å²) in [6.45, 7) is 2.31. The molecular formula is C13H16INO4. The van der Waals surface area contributed by atoms with Gasteiger partial charge in [-0.15, -0.1) is 0 Å². The summed E-state index contributed by atoms with van der Waals surface area (Å²) < 4.78 is 18.2. The van der Waals surface area contributed by atoms with Crippen molar-refractivity contribution >= 4 is 33.7 Å². The van der Waals surface area contributed by atoms with Crippen LogP contribution in [0.1, 0.15) is 6.42 Å². The number of halogens is 1. The number of oxazole rings is 1. The van der Waals surface area contributed by atoms with Gasteiger partial charge in [-0.2, -0.15) is 0 Å². The Labute approximate surface area is 124 Å². The van der Waals surface area contributed by atoms with Crippen molar-refractivity contribution in [3.8, 4) is 0 Å². The number of fused-ring (bicyclic) bond motifs is 1. The third kappa shape index (κ3) is 3.80. The molecule has 0 unspecified atom stereocenters. The van der Waals surface area contributed by atoms with Gasteiger partial charge >= 0.3 is 5.76 Å². The van der Waals surface area contributed by atoms with Gasteiger partial charge in [-0.3, -0.25) is 4.57 Å². The third-order valence-electron chi connectivity index (χ3n) is 2.73. The zero-order valence-corrected chi connectivity index (χ0v) is 12.9. The summed E-state index contributed by atoms with van der Waals surface area (Å²) in [5.41, 5.74) is 1.43. The van der Waals surface area contributed by atoms with Crippen LogP contribution in [-0.2, 0) is 16.0 Å². The van der Waals surface area contributed by atoms with Crippen molar-refractivity contribution < 1.29 is 13.9 Å². The van der Waals surface area contributed by atoms with Crippen molar-refractivity contribution in [2.24, 2.45) is 0 Å². The Bertz CT molecular complexity index is 590. The summed E-state index contributed by atoms with van der Waals surface area (Å²) in [7, 11) is 1.67. The molecule has 0 bridgehead atoms. The van der Waals surface area contributed by atoms with Crippen molar-refractivity contribution in [2.75, 3.05) is 26.9 Å². The third-order valence-corrected chi connectivity index (χ3v) is 3.40. The standard InChI is InChI=1S/C13H16INO4/c1-17-6-2-7-18-8-5-15-11-9-10(14)3-4-12(11)19-13(15)16/h3-4,9H,2,5-8H2,1H3. The van der Waals surface area contributed by atoms with Crippen LogP contribution in [0, 0.1) is 3.57 Å². The minimum atomic E-state index is -0.336. The second-order valence-electron chi connectivity index (χ2n) is 4.09. The minimum Gasteiger partial charge on any atom is -0.408 e. The number of methoxy groups -OCH3 is 1. The number of rotatable bonds is 7. The van der Waals surface area contributed by atoms with E-state index in [-0.39, 0.29) is 5.76 Å². The number of hydrogen-bond acceptors (Lipinski definition) is 4. The van der Waals surface area contributed by atoms with Crippen molar-refractivity contribution in [3.63, 3.8) is 0 Å². The first-order valence-corrected chi connectivity index (χ1v) is 7.16. The highest BCUT2D eigenvalue weighted by molar-refractivity contribution is 14.1. The summed E-state index contributed by atoms with van der Waals surface area (Å²) >= 11 is 2.21. The first kappa shape index (κ1) is 14.5. The maximum atomic E-state index is 11.7. The van der Waals surface area contributed by atoms with E-state index < -0.39 is 0 Å². The predicted molar refractivity (Wildman–Crippen MR) is 80.5 cm³/mol. The molecule has 0 aliphatic heterocycles. The Morgan fingerprint density at radius 3 is 2.95 bits per heavy atom. The summed E-state index contributed by atoms with van der Waals surface area (Å²) in [6, 6.07) is 5.66. The highest BCUT2D eigenvalue weighted by atomic mass is 127. The second-order valence-corrected chi connectivity index (χ2v) is 5.34. The first-order valence-electron chi connectivity index (χ1n) is 6.08. The molecule has 5 nitrogen and oxygen atoms in total. The van der Waals surface area contributed by atoms with Gasteiger partial charge in [0.05, 0.1) is 18.7 Å². The van der Waals surface area contributed by atoms with Gasteiger partial charge in [0.25, 0.3) is 0 Å². The second kappa shape index (κ2) is 7.06. The van der Waals surface area contributed by atoms with Gasteiger partial charge in [0.15, 0.2) is 5.58 Å². The van der Waals surface area contributed by atoms with Gasteiger partial charge in [-0.05, 0) is 47.2 Å². The molecule has 0 aliphatic rings. The largest absolute Gasteiger partial charge is 0.420 e. The highest BCUT2D eigenvalue weighted by Crippen LogP contribution is 2.16. The quantitative estimate of drug-likeness (QED) is 0.549. The van der Waals surface area contributed by atoms with Crippen LogP contribution in [-0.4, -0.2) is 31.5 Å². The Morgan fingerprint density at radius 2 is 2.16 bits per heavy atom. The molecule has 2 aromatic rings. The summed E-state index contributed by atoms with van der Waals surface area (Å²) in [5, 5.41) is 0. The van der Waals surface area contributed by atoms with Crippen molar-refractivity contribution in [3.05, 3.63) is 32.3 Å². The smallest absolute Gasteiger partial charge is 0.408 e. The predicted octanol–water partition coefficient (Wildman–Crippen LogP) is 2.25. The lowest BCUT2D eigenvalue weighted by Gasteiger charge is -2.04. The molecule has 1 aromatic carbocycles. The zero-order chi connectivity index (χ0) is 13.7. The number of ether oxygens (including phenoxy) is 2. The van der Waals surface area contributed by atoms with E-state index in [0.717, 1.165) is 15.5 Å². The fourth-order valence-electron chi connectivity index (χ4n) is 1.81. The van der Waals surface area contributed by atoms with Crippen LogP contribution >= 0.6 is 22.6 Å². The summed E-state index contributed by atoms with van der Waals surface area (Å²) in [6.07, 6.45) is 0.857. The van der Waals surface area contributed by atoms with Gasteiger partial charge in [0.1, 0.15) is 0 Å². The fraction of sp³-hybridized carbons (Fsp3) is 0.462. The van der Waals surface area contributed by atoms with E-state index in [1.54, 1.807) is 11.7 Å².